The summed E-state index contributed by atoms with van der Waals surface area (Å²) < 4.78 is 2.08. The largest absolute Gasteiger partial charge is 0.333 e. The Bertz CT molecular complexity index is 478. The van der Waals surface area contributed by atoms with Crippen LogP contribution >= 0.6 is 0 Å². The number of nitrogens with one attached hydrogen (secondary N) is 1. The lowest BCUT2D eigenvalue weighted by Crippen LogP contribution is -2.37. The van der Waals surface area contributed by atoms with Gasteiger partial charge in [0.25, 0.3) is 0 Å². The van der Waals surface area contributed by atoms with Crippen LogP contribution < -0.4 is 5.32 Å². The van der Waals surface area contributed by atoms with Gasteiger partial charge in [-0.3, -0.25) is 0 Å². The molecule has 0 aliphatic rings. The van der Waals surface area contributed by atoms with Crippen molar-refractivity contribution in [3.05, 3.63) is 54.1 Å². The Morgan fingerprint density at radius 1 is 1.11 bits per heavy atom. The highest BCUT2D eigenvalue weighted by molar-refractivity contribution is 5.23. The Kier molecular flexibility index (Phi) is 4.38. The van der Waals surface area contributed by atoms with Gasteiger partial charge in [0.05, 0.1) is 6.33 Å². The molecule has 0 fully saturated rings. The molecular weight excluding hydrogens is 234 g/mol. The van der Waals surface area contributed by atoms with E-state index in [-0.39, 0.29) is 5.54 Å². The Balaban J connectivity index is 1.84. The second-order valence-corrected chi connectivity index (χ2v) is 5.98. The van der Waals surface area contributed by atoms with Crippen LogP contribution in [0.4, 0.5) is 0 Å². The highest BCUT2D eigenvalue weighted by Crippen LogP contribution is 2.07. The van der Waals surface area contributed by atoms with Crippen molar-refractivity contribution in [3.63, 3.8) is 0 Å². The fourth-order valence-corrected chi connectivity index (χ4v) is 1.98. The number of benzene rings is 1. The molecule has 3 heteroatoms. The third-order valence-electron chi connectivity index (χ3n) is 3.02. The van der Waals surface area contributed by atoms with Gasteiger partial charge >= 0.3 is 0 Å². The van der Waals surface area contributed by atoms with E-state index in [4.69, 9.17) is 0 Å². The molecule has 0 amide bonds. The summed E-state index contributed by atoms with van der Waals surface area (Å²) in [4.78, 5) is 4.05. The van der Waals surface area contributed by atoms with E-state index >= 15 is 0 Å². The summed E-state index contributed by atoms with van der Waals surface area (Å²) in [7, 11) is 0. The molecule has 19 heavy (non-hydrogen) atoms. The molecule has 0 unspecified atom stereocenters. The summed E-state index contributed by atoms with van der Waals surface area (Å²) >= 11 is 0. The van der Waals surface area contributed by atoms with Gasteiger partial charge in [-0.1, -0.05) is 24.3 Å². The third-order valence-corrected chi connectivity index (χ3v) is 3.02. The van der Waals surface area contributed by atoms with Gasteiger partial charge in [0, 0.05) is 24.5 Å². The molecule has 0 radical (unpaired) electrons. The molecule has 0 atom stereocenters. The van der Waals surface area contributed by atoms with Gasteiger partial charge in [-0.15, -0.1) is 0 Å². The molecule has 102 valence electrons. The second kappa shape index (κ2) is 6.02. The van der Waals surface area contributed by atoms with E-state index in [1.165, 1.54) is 11.1 Å². The van der Waals surface area contributed by atoms with Crippen molar-refractivity contribution in [2.45, 2.75) is 39.3 Å². The highest BCUT2D eigenvalue weighted by atomic mass is 15.0. The molecule has 0 aliphatic heterocycles. The van der Waals surface area contributed by atoms with Crippen LogP contribution in [-0.4, -0.2) is 21.6 Å². The first-order valence-corrected chi connectivity index (χ1v) is 6.81. The van der Waals surface area contributed by atoms with Crippen LogP contribution in [0.2, 0.25) is 0 Å². The van der Waals surface area contributed by atoms with Crippen molar-refractivity contribution < 1.29 is 0 Å². The fourth-order valence-electron chi connectivity index (χ4n) is 1.98. The minimum atomic E-state index is 0.196. The van der Waals surface area contributed by atoms with Crippen LogP contribution in [0.3, 0.4) is 0 Å². The number of imidazole rings is 1. The molecule has 2 aromatic rings. The zero-order chi connectivity index (χ0) is 13.7. The van der Waals surface area contributed by atoms with E-state index in [1.807, 2.05) is 18.7 Å². The SMILES string of the molecule is CC(C)(C)NCCc1ccc(Cn2ccnc2)cc1. The van der Waals surface area contributed by atoms with Crippen molar-refractivity contribution in [2.24, 2.45) is 0 Å². The number of hydrogen-bond donors (Lipinski definition) is 1. The summed E-state index contributed by atoms with van der Waals surface area (Å²) in [5.74, 6) is 0. The Morgan fingerprint density at radius 3 is 2.37 bits per heavy atom. The third kappa shape index (κ3) is 4.87. The molecule has 0 bridgehead atoms. The second-order valence-electron chi connectivity index (χ2n) is 5.98. The van der Waals surface area contributed by atoms with Crippen molar-refractivity contribution in [1.29, 1.82) is 0 Å². The molecular formula is C16H23N3. The van der Waals surface area contributed by atoms with E-state index in [0.717, 1.165) is 19.5 Å². The number of rotatable bonds is 5. The minimum Gasteiger partial charge on any atom is -0.333 e. The van der Waals surface area contributed by atoms with Crippen molar-refractivity contribution in [1.82, 2.24) is 14.9 Å². The van der Waals surface area contributed by atoms with Crippen LogP contribution in [0.1, 0.15) is 31.9 Å². The van der Waals surface area contributed by atoms with Gasteiger partial charge in [0.1, 0.15) is 0 Å². The van der Waals surface area contributed by atoms with E-state index in [9.17, 15) is 0 Å². The Labute approximate surface area is 115 Å². The fraction of sp³-hybridized carbons (Fsp3) is 0.438. The number of nitrogens with zero attached hydrogens (tertiary/aromatic N) is 2. The molecule has 0 spiro atoms. The first-order chi connectivity index (χ1) is 9.03. The molecule has 0 aliphatic carbocycles. The summed E-state index contributed by atoms with van der Waals surface area (Å²) in [5, 5.41) is 3.51. The lowest BCUT2D eigenvalue weighted by molar-refractivity contribution is 0.429. The first-order valence-electron chi connectivity index (χ1n) is 6.81. The summed E-state index contributed by atoms with van der Waals surface area (Å²) in [5.41, 5.74) is 2.89. The van der Waals surface area contributed by atoms with E-state index in [1.54, 1.807) is 0 Å². The maximum Gasteiger partial charge on any atom is 0.0949 e. The number of aromatic nitrogens is 2. The predicted molar refractivity (Wildman–Crippen MR) is 79.2 cm³/mol. The normalized spacial score (nSPS) is 11.7. The Morgan fingerprint density at radius 2 is 1.79 bits per heavy atom. The monoisotopic (exact) mass is 257 g/mol. The van der Waals surface area contributed by atoms with Crippen molar-refractivity contribution in [3.8, 4) is 0 Å². The van der Waals surface area contributed by atoms with Gasteiger partial charge < -0.3 is 9.88 Å². The minimum absolute atomic E-state index is 0.196. The summed E-state index contributed by atoms with van der Waals surface area (Å²) in [6, 6.07) is 8.84. The lowest BCUT2D eigenvalue weighted by Gasteiger charge is -2.20. The van der Waals surface area contributed by atoms with Crippen molar-refractivity contribution in [2.75, 3.05) is 6.54 Å². The predicted octanol–water partition coefficient (Wildman–Crippen LogP) is 2.86. The topological polar surface area (TPSA) is 29.9 Å². The van der Waals surface area contributed by atoms with Crippen molar-refractivity contribution >= 4 is 0 Å². The van der Waals surface area contributed by atoms with Gasteiger partial charge in [0.2, 0.25) is 0 Å². The Hall–Kier alpha value is -1.61. The van der Waals surface area contributed by atoms with Crippen LogP contribution in [0, 0.1) is 0 Å². The van der Waals surface area contributed by atoms with Gasteiger partial charge in [0.15, 0.2) is 0 Å². The maximum atomic E-state index is 4.05. The zero-order valence-corrected chi connectivity index (χ0v) is 12.1. The van der Waals surface area contributed by atoms with Crippen LogP contribution in [0.15, 0.2) is 43.0 Å². The molecule has 1 heterocycles. The first kappa shape index (κ1) is 13.8. The van der Waals surface area contributed by atoms with Gasteiger partial charge in [-0.25, -0.2) is 4.98 Å². The van der Waals surface area contributed by atoms with Crippen LogP contribution in [-0.2, 0) is 13.0 Å². The van der Waals surface area contributed by atoms with E-state index < -0.39 is 0 Å². The molecule has 3 nitrogen and oxygen atoms in total. The molecule has 1 N–H and O–H groups in total. The average molecular weight is 257 g/mol. The van der Waals surface area contributed by atoms with Crippen LogP contribution in [0.5, 0.6) is 0 Å². The quantitative estimate of drug-likeness (QED) is 0.892. The number of hydrogen-bond acceptors (Lipinski definition) is 2. The van der Waals surface area contributed by atoms with Crippen LogP contribution in [0.25, 0.3) is 0 Å². The smallest absolute Gasteiger partial charge is 0.0949 e. The molecule has 1 aromatic carbocycles. The van der Waals surface area contributed by atoms with E-state index in [0.29, 0.717) is 0 Å². The summed E-state index contributed by atoms with van der Waals surface area (Å²) in [6.45, 7) is 8.49. The molecule has 1 aromatic heterocycles. The van der Waals surface area contributed by atoms with Gasteiger partial charge in [-0.2, -0.15) is 0 Å². The molecule has 0 saturated carbocycles. The van der Waals surface area contributed by atoms with Gasteiger partial charge in [-0.05, 0) is 44.9 Å². The molecule has 0 saturated heterocycles. The standard InChI is InChI=1S/C16H23N3/c1-16(2,3)18-9-8-14-4-6-15(7-5-14)12-19-11-10-17-13-19/h4-7,10-11,13,18H,8-9,12H2,1-3H3. The average Bonchev–Trinajstić information content (AvgIpc) is 2.83. The zero-order valence-electron chi connectivity index (χ0n) is 12.1. The highest BCUT2D eigenvalue weighted by Gasteiger charge is 2.07. The van der Waals surface area contributed by atoms with E-state index in [2.05, 4.69) is 59.9 Å². The maximum absolute atomic E-state index is 4.05. The lowest BCUT2D eigenvalue weighted by atomic mass is 10.1. The molecule has 2 rings (SSSR count). The summed E-state index contributed by atoms with van der Waals surface area (Å²) in [6.07, 6.45) is 6.72.